The molecule has 102 valence electrons. The van der Waals surface area contributed by atoms with Gasteiger partial charge >= 0.3 is 0 Å². The molecule has 0 aromatic carbocycles. The molecule has 0 aromatic rings. The van der Waals surface area contributed by atoms with Crippen LogP contribution in [0.1, 0.15) is 51.9 Å². The Bertz CT molecular complexity index is 268. The summed E-state index contributed by atoms with van der Waals surface area (Å²) in [5, 5.41) is 16.3. The molecule has 0 atom stereocenters. The van der Waals surface area contributed by atoms with E-state index in [1.165, 1.54) is 45.2 Å². The van der Waals surface area contributed by atoms with Crippen molar-refractivity contribution in [2.24, 2.45) is 17.8 Å². The highest BCUT2D eigenvalue weighted by atomic mass is 15.2. The van der Waals surface area contributed by atoms with Crippen molar-refractivity contribution >= 4 is 0 Å². The summed E-state index contributed by atoms with van der Waals surface area (Å²) in [5.41, 5.74) is 0. The number of hydrogen-bond acceptors (Lipinski definition) is 3. The second-order valence-electron chi connectivity index (χ2n) is 6.04. The van der Waals surface area contributed by atoms with Crippen molar-refractivity contribution in [3.05, 3.63) is 0 Å². The van der Waals surface area contributed by atoms with Crippen LogP contribution in [0.3, 0.4) is 0 Å². The van der Waals surface area contributed by atoms with Crippen molar-refractivity contribution in [3.8, 4) is 6.07 Å². The molecule has 3 nitrogen and oxygen atoms in total. The highest BCUT2D eigenvalue weighted by molar-refractivity contribution is 4.91. The molecule has 0 bridgehead atoms. The van der Waals surface area contributed by atoms with Crippen LogP contribution in [0.5, 0.6) is 0 Å². The van der Waals surface area contributed by atoms with Crippen LogP contribution >= 0.6 is 0 Å². The number of nitrogens with one attached hydrogen (secondary N) is 2. The Kier molecular flexibility index (Phi) is 5.46. The van der Waals surface area contributed by atoms with Crippen molar-refractivity contribution in [3.63, 3.8) is 0 Å². The highest BCUT2D eigenvalue weighted by Crippen LogP contribution is 2.30. The molecule has 1 saturated heterocycles. The standard InChI is InChI=1S/C15H27N3/c1-2-3-4-13-10-17-15(18-11-13)14-7-5-12(9-16)6-8-14/h12-15,17-18H,2-8,10-11H2,1H3. The average molecular weight is 249 g/mol. The fraction of sp³-hybridized carbons (Fsp3) is 0.933. The van der Waals surface area contributed by atoms with E-state index in [0.717, 1.165) is 24.7 Å². The topological polar surface area (TPSA) is 47.9 Å². The molecule has 1 heterocycles. The lowest BCUT2D eigenvalue weighted by Gasteiger charge is -2.38. The third-order valence-corrected chi connectivity index (χ3v) is 4.64. The Morgan fingerprint density at radius 2 is 1.78 bits per heavy atom. The second kappa shape index (κ2) is 7.11. The minimum absolute atomic E-state index is 0.321. The molecule has 0 spiro atoms. The molecule has 3 heteroatoms. The Balaban J connectivity index is 1.69. The SMILES string of the molecule is CCCCC1CNC(C2CCC(C#N)CC2)NC1. The van der Waals surface area contributed by atoms with E-state index >= 15 is 0 Å². The second-order valence-corrected chi connectivity index (χ2v) is 6.04. The lowest BCUT2D eigenvalue weighted by Crippen LogP contribution is -2.56. The summed E-state index contributed by atoms with van der Waals surface area (Å²) >= 11 is 0. The maximum Gasteiger partial charge on any atom is 0.0655 e. The minimum Gasteiger partial charge on any atom is -0.301 e. The van der Waals surface area contributed by atoms with Gasteiger partial charge in [-0.05, 0) is 43.9 Å². The zero-order valence-corrected chi connectivity index (χ0v) is 11.6. The fourth-order valence-electron chi connectivity index (χ4n) is 3.34. The van der Waals surface area contributed by atoms with Gasteiger partial charge in [0.05, 0.1) is 12.2 Å². The predicted octanol–water partition coefficient (Wildman–Crippen LogP) is 2.64. The van der Waals surface area contributed by atoms with Gasteiger partial charge in [-0.1, -0.05) is 19.8 Å². The molecule has 2 fully saturated rings. The van der Waals surface area contributed by atoms with Gasteiger partial charge in [-0.2, -0.15) is 5.26 Å². The average Bonchev–Trinajstić information content (AvgIpc) is 2.46. The quantitative estimate of drug-likeness (QED) is 0.805. The summed E-state index contributed by atoms with van der Waals surface area (Å²) in [6, 6.07) is 2.42. The molecule has 2 rings (SSSR count). The Morgan fingerprint density at radius 1 is 1.11 bits per heavy atom. The molecule has 0 amide bonds. The molecular formula is C15H27N3. The van der Waals surface area contributed by atoms with Crippen LogP contribution in [0, 0.1) is 29.1 Å². The summed E-state index contributed by atoms with van der Waals surface area (Å²) in [6.45, 7) is 4.62. The molecule has 0 aromatic heterocycles. The van der Waals surface area contributed by atoms with Crippen molar-refractivity contribution in [1.29, 1.82) is 5.26 Å². The van der Waals surface area contributed by atoms with E-state index in [2.05, 4.69) is 23.6 Å². The van der Waals surface area contributed by atoms with E-state index in [4.69, 9.17) is 5.26 Å². The van der Waals surface area contributed by atoms with Gasteiger partial charge in [0, 0.05) is 19.0 Å². The summed E-state index contributed by atoms with van der Waals surface area (Å²) in [4.78, 5) is 0. The van der Waals surface area contributed by atoms with E-state index in [9.17, 15) is 0 Å². The van der Waals surface area contributed by atoms with Gasteiger partial charge in [0.1, 0.15) is 0 Å². The summed E-state index contributed by atoms with van der Waals surface area (Å²) in [5.74, 6) is 1.88. The summed E-state index contributed by atoms with van der Waals surface area (Å²) in [7, 11) is 0. The third kappa shape index (κ3) is 3.70. The van der Waals surface area contributed by atoms with Crippen LogP contribution in [-0.2, 0) is 0 Å². The van der Waals surface area contributed by atoms with Crippen LogP contribution in [0.4, 0.5) is 0 Å². The molecule has 1 aliphatic carbocycles. The van der Waals surface area contributed by atoms with E-state index in [1.54, 1.807) is 0 Å². The first-order valence-corrected chi connectivity index (χ1v) is 7.69. The monoisotopic (exact) mass is 249 g/mol. The van der Waals surface area contributed by atoms with E-state index in [-0.39, 0.29) is 0 Å². The highest BCUT2D eigenvalue weighted by Gasteiger charge is 2.30. The van der Waals surface area contributed by atoms with E-state index < -0.39 is 0 Å². The molecular weight excluding hydrogens is 222 g/mol. The zero-order chi connectivity index (χ0) is 12.8. The van der Waals surface area contributed by atoms with Crippen LogP contribution in [0.2, 0.25) is 0 Å². The molecule has 0 unspecified atom stereocenters. The lowest BCUT2D eigenvalue weighted by atomic mass is 9.80. The largest absolute Gasteiger partial charge is 0.301 e. The number of nitriles is 1. The predicted molar refractivity (Wildman–Crippen MR) is 73.9 cm³/mol. The van der Waals surface area contributed by atoms with Gasteiger partial charge in [0.15, 0.2) is 0 Å². The number of hydrogen-bond donors (Lipinski definition) is 2. The molecule has 2 aliphatic rings. The van der Waals surface area contributed by atoms with Crippen LogP contribution in [-0.4, -0.2) is 19.3 Å². The van der Waals surface area contributed by atoms with Gasteiger partial charge in [-0.15, -0.1) is 0 Å². The normalized spacial score (nSPS) is 37.1. The van der Waals surface area contributed by atoms with E-state index in [1.807, 2.05) is 0 Å². The Labute approximate surface area is 111 Å². The maximum atomic E-state index is 8.92. The van der Waals surface area contributed by atoms with Gasteiger partial charge < -0.3 is 10.6 Å². The van der Waals surface area contributed by atoms with Crippen LogP contribution in [0.25, 0.3) is 0 Å². The first kappa shape index (κ1) is 13.8. The minimum atomic E-state index is 0.321. The van der Waals surface area contributed by atoms with Crippen LogP contribution < -0.4 is 10.6 Å². The van der Waals surface area contributed by atoms with Gasteiger partial charge in [0.2, 0.25) is 0 Å². The Morgan fingerprint density at radius 3 is 2.33 bits per heavy atom. The molecule has 0 radical (unpaired) electrons. The smallest absolute Gasteiger partial charge is 0.0655 e. The van der Waals surface area contributed by atoms with Crippen molar-refractivity contribution < 1.29 is 0 Å². The molecule has 2 N–H and O–H groups in total. The van der Waals surface area contributed by atoms with Crippen molar-refractivity contribution in [2.45, 2.75) is 58.0 Å². The lowest BCUT2D eigenvalue weighted by molar-refractivity contribution is 0.173. The van der Waals surface area contributed by atoms with Crippen LogP contribution in [0.15, 0.2) is 0 Å². The van der Waals surface area contributed by atoms with Gasteiger partial charge in [-0.25, -0.2) is 0 Å². The Hall–Kier alpha value is -0.590. The molecule has 18 heavy (non-hydrogen) atoms. The first-order chi connectivity index (χ1) is 8.83. The summed E-state index contributed by atoms with van der Waals surface area (Å²) in [6.07, 6.45) is 9.13. The first-order valence-electron chi connectivity index (χ1n) is 7.69. The van der Waals surface area contributed by atoms with Gasteiger partial charge in [-0.3, -0.25) is 0 Å². The van der Waals surface area contributed by atoms with Crippen molar-refractivity contribution in [1.82, 2.24) is 10.6 Å². The number of nitrogens with zero attached hydrogens (tertiary/aromatic N) is 1. The zero-order valence-electron chi connectivity index (χ0n) is 11.6. The summed E-state index contributed by atoms with van der Waals surface area (Å²) < 4.78 is 0. The number of rotatable bonds is 4. The third-order valence-electron chi connectivity index (χ3n) is 4.64. The van der Waals surface area contributed by atoms with E-state index in [0.29, 0.717) is 12.1 Å². The maximum absolute atomic E-state index is 8.92. The number of unbranched alkanes of at least 4 members (excludes halogenated alkanes) is 1. The molecule has 1 aliphatic heterocycles. The van der Waals surface area contributed by atoms with Gasteiger partial charge in [0.25, 0.3) is 0 Å². The molecule has 1 saturated carbocycles. The van der Waals surface area contributed by atoms with Crippen molar-refractivity contribution in [2.75, 3.05) is 13.1 Å². The fourth-order valence-corrected chi connectivity index (χ4v) is 3.34.